The monoisotopic (exact) mass is 154 g/mol. The van der Waals surface area contributed by atoms with Crippen molar-refractivity contribution in [3.05, 3.63) is 0 Å². The molecular formula is C9H14O2. The lowest BCUT2D eigenvalue weighted by atomic mass is 9.75. The van der Waals surface area contributed by atoms with Gasteiger partial charge < -0.3 is 5.11 Å². The van der Waals surface area contributed by atoms with Gasteiger partial charge >= 0.3 is 5.97 Å². The highest BCUT2D eigenvalue weighted by Gasteiger charge is 2.52. The number of carboxylic acids is 1. The van der Waals surface area contributed by atoms with E-state index in [1.54, 1.807) is 0 Å². The third-order valence-electron chi connectivity index (χ3n) is 3.64. The van der Waals surface area contributed by atoms with Gasteiger partial charge in [0.1, 0.15) is 0 Å². The van der Waals surface area contributed by atoms with Crippen molar-refractivity contribution in [3.63, 3.8) is 0 Å². The third kappa shape index (κ3) is 0.815. The molecule has 2 nitrogen and oxygen atoms in total. The Bertz CT molecular complexity index is 200. The Morgan fingerprint density at radius 3 is 2.55 bits per heavy atom. The largest absolute Gasteiger partial charge is 0.481 e. The standard InChI is InChI=1S/C9H14O2/c1-9(8(10)11)5-6-2-3-7(9)4-6/h6-7H,2-5H2,1H3,(H,10,11)/t6-,7-,9+/m1/s1. The Morgan fingerprint density at radius 2 is 2.27 bits per heavy atom. The van der Waals surface area contributed by atoms with E-state index in [4.69, 9.17) is 5.11 Å². The van der Waals surface area contributed by atoms with Crippen molar-refractivity contribution in [2.45, 2.75) is 32.6 Å². The number of hydrogen-bond donors (Lipinski definition) is 1. The van der Waals surface area contributed by atoms with E-state index in [9.17, 15) is 4.79 Å². The van der Waals surface area contributed by atoms with Gasteiger partial charge in [0, 0.05) is 0 Å². The summed E-state index contributed by atoms with van der Waals surface area (Å²) < 4.78 is 0. The predicted molar refractivity (Wildman–Crippen MR) is 41.2 cm³/mol. The predicted octanol–water partition coefficient (Wildman–Crippen LogP) is 1.90. The van der Waals surface area contributed by atoms with Crippen LogP contribution in [-0.2, 0) is 4.79 Å². The van der Waals surface area contributed by atoms with Crippen LogP contribution in [0.2, 0.25) is 0 Å². The Hall–Kier alpha value is -0.530. The average Bonchev–Trinajstić information content (AvgIpc) is 2.45. The van der Waals surface area contributed by atoms with E-state index < -0.39 is 5.97 Å². The minimum Gasteiger partial charge on any atom is -0.481 e. The van der Waals surface area contributed by atoms with Crippen LogP contribution in [0, 0.1) is 17.3 Å². The second-order valence-corrected chi connectivity index (χ2v) is 4.30. The van der Waals surface area contributed by atoms with Gasteiger partial charge in [-0.1, -0.05) is 6.42 Å². The van der Waals surface area contributed by atoms with Crippen LogP contribution in [0.15, 0.2) is 0 Å². The van der Waals surface area contributed by atoms with Gasteiger partial charge in [-0.3, -0.25) is 4.79 Å². The zero-order valence-corrected chi connectivity index (χ0v) is 6.84. The molecule has 0 aliphatic heterocycles. The van der Waals surface area contributed by atoms with Crippen molar-refractivity contribution < 1.29 is 9.90 Å². The second kappa shape index (κ2) is 1.99. The minimum atomic E-state index is -0.579. The lowest BCUT2D eigenvalue weighted by molar-refractivity contribution is -0.151. The van der Waals surface area contributed by atoms with Crippen molar-refractivity contribution in [2.24, 2.45) is 17.3 Å². The van der Waals surface area contributed by atoms with Crippen LogP contribution in [0.5, 0.6) is 0 Å². The van der Waals surface area contributed by atoms with E-state index in [1.807, 2.05) is 6.92 Å². The van der Waals surface area contributed by atoms with Crippen molar-refractivity contribution >= 4 is 5.97 Å². The molecule has 2 heteroatoms. The molecule has 2 saturated carbocycles. The smallest absolute Gasteiger partial charge is 0.309 e. The number of carboxylic acid groups (broad SMARTS) is 1. The van der Waals surface area contributed by atoms with E-state index in [0.29, 0.717) is 5.92 Å². The summed E-state index contributed by atoms with van der Waals surface area (Å²) in [5.74, 6) is 0.621. The molecule has 0 saturated heterocycles. The van der Waals surface area contributed by atoms with Crippen molar-refractivity contribution in [2.75, 3.05) is 0 Å². The maximum atomic E-state index is 10.9. The molecule has 62 valence electrons. The molecule has 0 unspecified atom stereocenters. The normalized spacial score (nSPS) is 48.1. The summed E-state index contributed by atoms with van der Waals surface area (Å²) in [6.45, 7) is 1.92. The number of hydrogen-bond acceptors (Lipinski definition) is 1. The van der Waals surface area contributed by atoms with Gasteiger partial charge in [0.2, 0.25) is 0 Å². The molecule has 0 heterocycles. The van der Waals surface area contributed by atoms with Crippen molar-refractivity contribution in [1.82, 2.24) is 0 Å². The lowest BCUT2D eigenvalue weighted by Crippen LogP contribution is -2.32. The van der Waals surface area contributed by atoms with Crippen molar-refractivity contribution in [1.29, 1.82) is 0 Å². The summed E-state index contributed by atoms with van der Waals surface area (Å²) in [4.78, 5) is 10.9. The molecule has 0 aromatic rings. The van der Waals surface area contributed by atoms with E-state index in [1.165, 1.54) is 12.8 Å². The van der Waals surface area contributed by atoms with Crippen LogP contribution in [0.3, 0.4) is 0 Å². The highest BCUT2D eigenvalue weighted by Crippen LogP contribution is 2.55. The highest BCUT2D eigenvalue weighted by molar-refractivity contribution is 5.75. The fraction of sp³-hybridized carbons (Fsp3) is 0.889. The maximum absolute atomic E-state index is 10.9. The highest BCUT2D eigenvalue weighted by atomic mass is 16.4. The fourth-order valence-corrected chi connectivity index (χ4v) is 2.87. The molecule has 0 aromatic heterocycles. The summed E-state index contributed by atoms with van der Waals surface area (Å²) in [5.41, 5.74) is -0.372. The van der Waals surface area contributed by atoms with Gasteiger partial charge in [-0.15, -0.1) is 0 Å². The van der Waals surface area contributed by atoms with Crippen LogP contribution < -0.4 is 0 Å². The SMILES string of the molecule is C[C@]1(C(=O)O)C[C@@H]2CC[C@@H]1C2. The molecule has 0 radical (unpaired) electrons. The van der Waals surface area contributed by atoms with E-state index in [-0.39, 0.29) is 5.41 Å². The topological polar surface area (TPSA) is 37.3 Å². The molecule has 1 N–H and O–H groups in total. The van der Waals surface area contributed by atoms with Crippen LogP contribution in [-0.4, -0.2) is 11.1 Å². The summed E-state index contributed by atoms with van der Waals surface area (Å²) >= 11 is 0. The molecule has 2 aliphatic carbocycles. The average molecular weight is 154 g/mol. The van der Waals surface area contributed by atoms with Gasteiger partial charge in [-0.25, -0.2) is 0 Å². The molecule has 11 heavy (non-hydrogen) atoms. The maximum Gasteiger partial charge on any atom is 0.309 e. The molecule has 0 amide bonds. The zero-order valence-electron chi connectivity index (χ0n) is 6.84. The Morgan fingerprint density at radius 1 is 1.55 bits per heavy atom. The molecular weight excluding hydrogens is 140 g/mol. The Labute approximate surface area is 66.6 Å². The minimum absolute atomic E-state index is 0.372. The second-order valence-electron chi connectivity index (χ2n) is 4.30. The van der Waals surface area contributed by atoms with Crippen molar-refractivity contribution in [3.8, 4) is 0 Å². The van der Waals surface area contributed by atoms with E-state index >= 15 is 0 Å². The number of rotatable bonds is 1. The molecule has 2 bridgehead atoms. The fourth-order valence-electron chi connectivity index (χ4n) is 2.87. The van der Waals surface area contributed by atoms with Gasteiger partial charge in [0.25, 0.3) is 0 Å². The zero-order chi connectivity index (χ0) is 8.06. The van der Waals surface area contributed by atoms with Gasteiger partial charge in [-0.2, -0.15) is 0 Å². The van der Waals surface area contributed by atoms with E-state index in [0.717, 1.165) is 18.8 Å². The first kappa shape index (κ1) is 7.14. The summed E-state index contributed by atoms with van der Waals surface area (Å²) in [6, 6.07) is 0. The molecule has 2 fully saturated rings. The van der Waals surface area contributed by atoms with Crippen LogP contribution >= 0.6 is 0 Å². The number of carbonyl (C=O) groups is 1. The first-order valence-electron chi connectivity index (χ1n) is 4.36. The molecule has 3 atom stereocenters. The van der Waals surface area contributed by atoms with E-state index in [2.05, 4.69) is 0 Å². The molecule has 2 rings (SSSR count). The van der Waals surface area contributed by atoms with Crippen LogP contribution in [0.1, 0.15) is 32.6 Å². The first-order valence-corrected chi connectivity index (χ1v) is 4.36. The number of aliphatic carboxylic acids is 1. The lowest BCUT2D eigenvalue weighted by Gasteiger charge is -2.28. The first-order chi connectivity index (χ1) is 5.13. The van der Waals surface area contributed by atoms with Gasteiger partial charge in [0.15, 0.2) is 0 Å². The van der Waals surface area contributed by atoms with Gasteiger partial charge in [0.05, 0.1) is 5.41 Å². The Balaban J connectivity index is 2.23. The Kier molecular flexibility index (Phi) is 1.29. The molecule has 0 spiro atoms. The summed E-state index contributed by atoms with van der Waals surface area (Å²) in [5, 5.41) is 8.99. The van der Waals surface area contributed by atoms with Gasteiger partial charge in [-0.05, 0) is 38.0 Å². The molecule has 0 aromatic carbocycles. The quantitative estimate of drug-likeness (QED) is 0.626. The molecule has 2 aliphatic rings. The van der Waals surface area contributed by atoms with Crippen LogP contribution in [0.4, 0.5) is 0 Å². The summed E-state index contributed by atoms with van der Waals surface area (Å²) in [7, 11) is 0. The van der Waals surface area contributed by atoms with Crippen LogP contribution in [0.25, 0.3) is 0 Å². The third-order valence-corrected chi connectivity index (χ3v) is 3.64. The number of fused-ring (bicyclic) bond motifs is 2. The summed E-state index contributed by atoms with van der Waals surface area (Å²) in [6.07, 6.45) is 4.51.